The van der Waals surface area contributed by atoms with Crippen molar-refractivity contribution in [2.24, 2.45) is 5.92 Å². The minimum atomic E-state index is -0.258. The van der Waals surface area contributed by atoms with Gasteiger partial charge in [-0.15, -0.1) is 0 Å². The topological polar surface area (TPSA) is 32.8 Å². The van der Waals surface area contributed by atoms with Crippen molar-refractivity contribution < 1.29 is 13.9 Å². The van der Waals surface area contributed by atoms with Crippen LogP contribution in [0.3, 0.4) is 0 Å². The van der Waals surface area contributed by atoms with Crippen molar-refractivity contribution in [3.63, 3.8) is 0 Å². The van der Waals surface area contributed by atoms with Crippen molar-refractivity contribution in [2.75, 3.05) is 26.2 Å². The molecule has 0 aliphatic carbocycles. The van der Waals surface area contributed by atoms with Crippen LogP contribution in [0, 0.1) is 11.7 Å². The maximum atomic E-state index is 13.8. The smallest absolute Gasteiger partial charge is 0.251 e. The van der Waals surface area contributed by atoms with Gasteiger partial charge in [-0.05, 0) is 44.2 Å². The van der Waals surface area contributed by atoms with Gasteiger partial charge >= 0.3 is 0 Å². The van der Waals surface area contributed by atoms with Gasteiger partial charge < -0.3 is 9.64 Å². The van der Waals surface area contributed by atoms with Gasteiger partial charge in [-0.25, -0.2) is 4.39 Å². The van der Waals surface area contributed by atoms with Crippen LogP contribution in [0.2, 0.25) is 0 Å². The van der Waals surface area contributed by atoms with E-state index in [9.17, 15) is 9.18 Å². The van der Waals surface area contributed by atoms with Gasteiger partial charge in [-0.2, -0.15) is 0 Å². The molecule has 5 heteroatoms. The van der Waals surface area contributed by atoms with Gasteiger partial charge in [0, 0.05) is 31.7 Å². The number of hydrogen-bond acceptors (Lipinski definition) is 3. The van der Waals surface area contributed by atoms with Gasteiger partial charge in [0.15, 0.2) is 0 Å². The van der Waals surface area contributed by atoms with Crippen LogP contribution in [-0.4, -0.2) is 54.1 Å². The van der Waals surface area contributed by atoms with Crippen LogP contribution in [0.25, 0.3) is 0 Å². The number of fused-ring (bicyclic) bond motifs is 1. The Bertz CT molecular complexity index is 603. The van der Waals surface area contributed by atoms with Gasteiger partial charge in [0.2, 0.25) is 0 Å². The predicted octanol–water partition coefficient (Wildman–Crippen LogP) is 2.43. The molecule has 24 heavy (non-hydrogen) atoms. The molecule has 3 saturated heterocycles. The molecule has 4 nitrogen and oxygen atoms in total. The second kappa shape index (κ2) is 6.81. The highest BCUT2D eigenvalue weighted by Gasteiger charge is 2.43. The maximum Gasteiger partial charge on any atom is 0.251 e. The number of rotatable bonds is 3. The Morgan fingerprint density at radius 1 is 1.21 bits per heavy atom. The van der Waals surface area contributed by atoms with Crippen LogP contribution in [0.4, 0.5) is 4.39 Å². The van der Waals surface area contributed by atoms with Crippen molar-refractivity contribution in [1.82, 2.24) is 9.80 Å². The molecule has 3 fully saturated rings. The zero-order chi connectivity index (χ0) is 16.5. The van der Waals surface area contributed by atoms with E-state index >= 15 is 0 Å². The molecule has 4 rings (SSSR count). The summed E-state index contributed by atoms with van der Waals surface area (Å²) in [6.07, 6.45) is 3.97. The number of carbonyl (C=O) groups excluding carboxylic acids is 1. The Morgan fingerprint density at radius 2 is 2.00 bits per heavy atom. The number of benzene rings is 1. The molecule has 0 saturated carbocycles. The SMILES string of the molecule is O=C([C@@H]1C[C@@H]2CCN(Cc3ccccc3F)C[C@H]2O1)N1CCCC1. The summed E-state index contributed by atoms with van der Waals surface area (Å²) in [5.41, 5.74) is 0.735. The van der Waals surface area contributed by atoms with E-state index in [1.807, 2.05) is 17.0 Å². The van der Waals surface area contributed by atoms with Crippen molar-refractivity contribution in [1.29, 1.82) is 0 Å². The molecule has 1 amide bonds. The normalized spacial score (nSPS) is 30.5. The molecule has 3 atom stereocenters. The minimum absolute atomic E-state index is 0.113. The lowest BCUT2D eigenvalue weighted by molar-refractivity contribution is -0.142. The maximum absolute atomic E-state index is 13.8. The first kappa shape index (κ1) is 16.0. The lowest BCUT2D eigenvalue weighted by Crippen LogP contribution is -2.42. The quantitative estimate of drug-likeness (QED) is 0.852. The fourth-order valence-corrected chi connectivity index (χ4v) is 4.31. The van der Waals surface area contributed by atoms with Crippen molar-refractivity contribution >= 4 is 5.91 Å². The molecule has 3 aliphatic rings. The summed E-state index contributed by atoms with van der Waals surface area (Å²) in [7, 11) is 0. The Kier molecular flexibility index (Phi) is 4.55. The Hall–Kier alpha value is -1.46. The van der Waals surface area contributed by atoms with Crippen LogP contribution >= 0.6 is 0 Å². The number of amides is 1. The van der Waals surface area contributed by atoms with E-state index in [2.05, 4.69) is 4.90 Å². The van der Waals surface area contributed by atoms with Gasteiger partial charge in [-0.1, -0.05) is 18.2 Å². The summed E-state index contributed by atoms with van der Waals surface area (Å²) in [4.78, 5) is 16.8. The zero-order valence-electron chi connectivity index (χ0n) is 14.0. The lowest BCUT2D eigenvalue weighted by Gasteiger charge is -2.34. The molecule has 0 unspecified atom stereocenters. The second-order valence-corrected chi connectivity index (χ2v) is 7.31. The standard InChI is InChI=1S/C19H25FN2O2/c20-16-6-2-1-5-15(16)12-21-10-7-14-11-17(24-18(14)13-21)19(23)22-8-3-4-9-22/h1-2,5-6,14,17-18H,3-4,7-13H2/t14-,17-,18+/m0/s1. The van der Waals surface area contributed by atoms with E-state index in [1.165, 1.54) is 6.07 Å². The molecule has 130 valence electrons. The zero-order valence-corrected chi connectivity index (χ0v) is 14.0. The van der Waals surface area contributed by atoms with E-state index in [4.69, 9.17) is 4.74 Å². The van der Waals surface area contributed by atoms with Gasteiger partial charge in [0.1, 0.15) is 11.9 Å². The first-order valence-corrected chi connectivity index (χ1v) is 9.11. The summed E-state index contributed by atoms with van der Waals surface area (Å²) >= 11 is 0. The summed E-state index contributed by atoms with van der Waals surface area (Å²) < 4.78 is 20.0. The Balaban J connectivity index is 1.35. The number of hydrogen-bond donors (Lipinski definition) is 0. The van der Waals surface area contributed by atoms with E-state index < -0.39 is 0 Å². The van der Waals surface area contributed by atoms with Crippen LogP contribution in [0.1, 0.15) is 31.2 Å². The number of carbonyl (C=O) groups is 1. The minimum Gasteiger partial charge on any atom is -0.364 e. The lowest BCUT2D eigenvalue weighted by atomic mass is 9.91. The van der Waals surface area contributed by atoms with E-state index in [1.54, 1.807) is 6.07 Å². The highest BCUT2D eigenvalue weighted by molar-refractivity contribution is 5.81. The molecule has 1 aromatic carbocycles. The first-order chi connectivity index (χ1) is 11.7. The summed E-state index contributed by atoms with van der Waals surface area (Å²) in [6, 6.07) is 6.96. The second-order valence-electron chi connectivity index (χ2n) is 7.31. The molecule has 3 aliphatic heterocycles. The number of ether oxygens (including phenoxy) is 1. The van der Waals surface area contributed by atoms with Crippen molar-refractivity contribution in [3.05, 3.63) is 35.6 Å². The molecular weight excluding hydrogens is 307 g/mol. The average Bonchev–Trinajstić information content (AvgIpc) is 3.25. The van der Waals surface area contributed by atoms with Crippen LogP contribution in [-0.2, 0) is 16.1 Å². The number of piperidine rings is 1. The first-order valence-electron chi connectivity index (χ1n) is 9.11. The monoisotopic (exact) mass is 332 g/mol. The van der Waals surface area contributed by atoms with Crippen LogP contribution in [0.5, 0.6) is 0 Å². The highest BCUT2D eigenvalue weighted by atomic mass is 19.1. The summed E-state index contributed by atoms with van der Waals surface area (Å²) in [6.45, 7) is 4.12. The van der Waals surface area contributed by atoms with Crippen molar-refractivity contribution in [2.45, 2.75) is 44.4 Å². The van der Waals surface area contributed by atoms with Gasteiger partial charge in [-0.3, -0.25) is 9.69 Å². The molecule has 3 heterocycles. The molecular formula is C19H25FN2O2. The van der Waals surface area contributed by atoms with Crippen molar-refractivity contribution in [3.8, 4) is 0 Å². The summed E-state index contributed by atoms with van der Waals surface area (Å²) in [5.74, 6) is 0.509. The Labute approximate surface area is 142 Å². The number of likely N-dealkylation sites (tertiary alicyclic amines) is 2. The van der Waals surface area contributed by atoms with Gasteiger partial charge in [0.25, 0.3) is 5.91 Å². The van der Waals surface area contributed by atoms with Crippen LogP contribution in [0.15, 0.2) is 24.3 Å². The molecule has 0 aromatic heterocycles. The Morgan fingerprint density at radius 3 is 2.79 bits per heavy atom. The van der Waals surface area contributed by atoms with Crippen LogP contribution < -0.4 is 0 Å². The largest absolute Gasteiger partial charge is 0.364 e. The number of nitrogens with zero attached hydrogens (tertiary/aromatic N) is 2. The molecule has 0 spiro atoms. The van der Waals surface area contributed by atoms with Gasteiger partial charge in [0.05, 0.1) is 6.10 Å². The molecule has 1 aromatic rings. The fraction of sp³-hybridized carbons (Fsp3) is 0.632. The number of halogens is 1. The fourth-order valence-electron chi connectivity index (χ4n) is 4.31. The molecule has 0 bridgehead atoms. The van der Waals surface area contributed by atoms with E-state index in [-0.39, 0.29) is 23.9 Å². The highest BCUT2D eigenvalue weighted by Crippen LogP contribution is 2.35. The average molecular weight is 332 g/mol. The third kappa shape index (κ3) is 3.20. The predicted molar refractivity (Wildman–Crippen MR) is 88.9 cm³/mol. The van der Waals surface area contributed by atoms with E-state index in [0.29, 0.717) is 12.5 Å². The third-order valence-corrected chi connectivity index (χ3v) is 5.68. The summed E-state index contributed by atoms with van der Waals surface area (Å²) in [5, 5.41) is 0. The third-order valence-electron chi connectivity index (χ3n) is 5.68. The molecule has 0 radical (unpaired) electrons. The molecule has 0 N–H and O–H groups in total. The van der Waals surface area contributed by atoms with E-state index in [0.717, 1.165) is 57.4 Å².